The first-order chi connectivity index (χ1) is 6.20. The van der Waals surface area contributed by atoms with Crippen molar-refractivity contribution in [3.05, 3.63) is 0 Å². The summed E-state index contributed by atoms with van der Waals surface area (Å²) in [5, 5.41) is 9.02. The first kappa shape index (κ1) is 10.5. The monoisotopic (exact) mass is 186 g/mol. The molecule has 0 aromatic carbocycles. The number of hydrogen-bond donors (Lipinski definition) is 1. The Hall–Kier alpha value is -0.570. The molecule has 76 valence electrons. The Balaban J connectivity index is 2.58. The van der Waals surface area contributed by atoms with Crippen LogP contribution in [0.5, 0.6) is 0 Å². The first-order valence-corrected chi connectivity index (χ1v) is 4.89. The minimum Gasteiger partial charge on any atom is -0.469 e. The van der Waals surface area contributed by atoms with E-state index >= 15 is 0 Å². The van der Waals surface area contributed by atoms with Crippen LogP contribution >= 0.6 is 0 Å². The first-order valence-electron chi connectivity index (χ1n) is 4.89. The SMILES string of the molecule is COC(=O)[C@H]1CCC[C@@H]1[C@H](C)CO. The van der Waals surface area contributed by atoms with Gasteiger partial charge >= 0.3 is 5.97 Å². The summed E-state index contributed by atoms with van der Waals surface area (Å²) in [6.07, 6.45) is 3.04. The van der Waals surface area contributed by atoms with E-state index in [2.05, 4.69) is 0 Å². The van der Waals surface area contributed by atoms with Crippen LogP contribution in [-0.4, -0.2) is 24.8 Å². The molecule has 0 aromatic rings. The second-order valence-electron chi connectivity index (χ2n) is 3.88. The topological polar surface area (TPSA) is 46.5 Å². The minimum absolute atomic E-state index is 0.0205. The number of carbonyl (C=O) groups is 1. The smallest absolute Gasteiger partial charge is 0.308 e. The van der Waals surface area contributed by atoms with Crippen LogP contribution in [0.15, 0.2) is 0 Å². The zero-order chi connectivity index (χ0) is 9.84. The number of aliphatic hydroxyl groups excluding tert-OH is 1. The molecule has 0 saturated heterocycles. The third-order valence-electron chi connectivity index (χ3n) is 3.09. The van der Waals surface area contributed by atoms with E-state index < -0.39 is 0 Å². The third-order valence-corrected chi connectivity index (χ3v) is 3.09. The Bertz CT molecular complexity index is 179. The molecule has 0 amide bonds. The van der Waals surface area contributed by atoms with Crippen LogP contribution in [-0.2, 0) is 9.53 Å². The lowest BCUT2D eigenvalue weighted by Crippen LogP contribution is -2.26. The molecule has 1 aliphatic carbocycles. The fraction of sp³-hybridized carbons (Fsp3) is 0.900. The predicted molar refractivity (Wildman–Crippen MR) is 49.1 cm³/mol. The standard InChI is InChI=1S/C10H18O3/c1-7(6-11)8-4-3-5-9(8)10(12)13-2/h7-9,11H,3-6H2,1-2H3/t7-,8-,9+/m1/s1. The summed E-state index contributed by atoms with van der Waals surface area (Å²) in [4.78, 5) is 11.3. The number of aliphatic hydroxyl groups is 1. The van der Waals surface area contributed by atoms with Crippen molar-refractivity contribution in [3.8, 4) is 0 Å². The average molecular weight is 186 g/mol. The highest BCUT2D eigenvalue weighted by Crippen LogP contribution is 2.37. The Labute approximate surface area is 79.1 Å². The molecule has 1 aliphatic rings. The van der Waals surface area contributed by atoms with Gasteiger partial charge in [0.1, 0.15) is 0 Å². The van der Waals surface area contributed by atoms with Crippen molar-refractivity contribution < 1.29 is 14.6 Å². The average Bonchev–Trinajstić information content (AvgIpc) is 2.63. The molecule has 0 spiro atoms. The van der Waals surface area contributed by atoms with Gasteiger partial charge < -0.3 is 9.84 Å². The van der Waals surface area contributed by atoms with E-state index in [-0.39, 0.29) is 24.4 Å². The molecule has 3 heteroatoms. The van der Waals surface area contributed by atoms with E-state index in [0.29, 0.717) is 5.92 Å². The molecule has 0 unspecified atom stereocenters. The number of ether oxygens (including phenoxy) is 1. The number of carbonyl (C=O) groups excluding carboxylic acids is 1. The van der Waals surface area contributed by atoms with E-state index in [9.17, 15) is 4.79 Å². The molecule has 0 radical (unpaired) electrons. The van der Waals surface area contributed by atoms with Crippen LogP contribution in [0, 0.1) is 17.8 Å². The van der Waals surface area contributed by atoms with E-state index in [1.165, 1.54) is 7.11 Å². The Kier molecular flexibility index (Phi) is 3.72. The quantitative estimate of drug-likeness (QED) is 0.674. The number of methoxy groups -OCH3 is 1. The van der Waals surface area contributed by atoms with Crippen molar-refractivity contribution in [2.24, 2.45) is 17.8 Å². The minimum atomic E-state index is -0.109. The molecule has 0 aliphatic heterocycles. The molecule has 0 heterocycles. The van der Waals surface area contributed by atoms with E-state index in [1.807, 2.05) is 6.92 Å². The van der Waals surface area contributed by atoms with Crippen LogP contribution in [0.1, 0.15) is 26.2 Å². The summed E-state index contributed by atoms with van der Waals surface area (Å²) in [5.74, 6) is 0.444. The zero-order valence-electron chi connectivity index (χ0n) is 8.32. The van der Waals surface area contributed by atoms with Gasteiger partial charge in [-0.2, -0.15) is 0 Å². The molecule has 13 heavy (non-hydrogen) atoms. The van der Waals surface area contributed by atoms with Crippen LogP contribution in [0.2, 0.25) is 0 Å². The Morgan fingerprint density at radius 3 is 2.85 bits per heavy atom. The molecular weight excluding hydrogens is 168 g/mol. The molecule has 0 bridgehead atoms. The Morgan fingerprint density at radius 1 is 1.62 bits per heavy atom. The van der Waals surface area contributed by atoms with Crippen molar-refractivity contribution in [1.29, 1.82) is 0 Å². The van der Waals surface area contributed by atoms with Crippen molar-refractivity contribution in [1.82, 2.24) is 0 Å². The van der Waals surface area contributed by atoms with Gasteiger partial charge in [-0.05, 0) is 24.7 Å². The highest BCUT2D eigenvalue weighted by molar-refractivity contribution is 5.73. The van der Waals surface area contributed by atoms with Gasteiger partial charge in [-0.15, -0.1) is 0 Å². The van der Waals surface area contributed by atoms with Crippen LogP contribution < -0.4 is 0 Å². The fourth-order valence-electron chi connectivity index (χ4n) is 2.25. The number of esters is 1. The highest BCUT2D eigenvalue weighted by Gasteiger charge is 2.36. The van der Waals surface area contributed by atoms with Crippen molar-refractivity contribution >= 4 is 5.97 Å². The van der Waals surface area contributed by atoms with Crippen LogP contribution in [0.25, 0.3) is 0 Å². The van der Waals surface area contributed by atoms with Gasteiger partial charge in [0.2, 0.25) is 0 Å². The van der Waals surface area contributed by atoms with Gasteiger partial charge in [0.15, 0.2) is 0 Å². The predicted octanol–water partition coefficient (Wildman–Crippen LogP) is 1.20. The lowest BCUT2D eigenvalue weighted by Gasteiger charge is -2.22. The molecule has 1 fully saturated rings. The lowest BCUT2D eigenvalue weighted by atomic mass is 9.85. The van der Waals surface area contributed by atoms with Gasteiger partial charge in [0.05, 0.1) is 13.0 Å². The van der Waals surface area contributed by atoms with Gasteiger partial charge in [-0.25, -0.2) is 0 Å². The van der Waals surface area contributed by atoms with E-state index in [1.54, 1.807) is 0 Å². The van der Waals surface area contributed by atoms with Crippen LogP contribution in [0.3, 0.4) is 0 Å². The number of rotatable bonds is 3. The molecule has 1 saturated carbocycles. The molecule has 3 nitrogen and oxygen atoms in total. The normalized spacial score (nSPS) is 30.1. The summed E-state index contributed by atoms with van der Waals surface area (Å²) in [6.45, 7) is 2.16. The summed E-state index contributed by atoms with van der Waals surface area (Å²) in [7, 11) is 1.43. The second-order valence-corrected chi connectivity index (χ2v) is 3.88. The maximum atomic E-state index is 11.3. The lowest BCUT2D eigenvalue weighted by molar-refractivity contribution is -0.147. The summed E-state index contributed by atoms with van der Waals surface area (Å²) in [6, 6.07) is 0. The second kappa shape index (κ2) is 4.61. The van der Waals surface area contributed by atoms with E-state index in [0.717, 1.165) is 19.3 Å². The summed E-state index contributed by atoms with van der Waals surface area (Å²) < 4.78 is 4.74. The molecule has 0 aromatic heterocycles. The summed E-state index contributed by atoms with van der Waals surface area (Å²) >= 11 is 0. The van der Waals surface area contributed by atoms with Gasteiger partial charge in [-0.1, -0.05) is 13.3 Å². The molecule has 3 atom stereocenters. The fourth-order valence-corrected chi connectivity index (χ4v) is 2.25. The van der Waals surface area contributed by atoms with Crippen molar-refractivity contribution in [2.45, 2.75) is 26.2 Å². The van der Waals surface area contributed by atoms with E-state index in [4.69, 9.17) is 9.84 Å². The van der Waals surface area contributed by atoms with Gasteiger partial charge in [0, 0.05) is 6.61 Å². The third kappa shape index (κ3) is 2.21. The number of hydrogen-bond acceptors (Lipinski definition) is 3. The maximum absolute atomic E-state index is 11.3. The van der Waals surface area contributed by atoms with Crippen LogP contribution in [0.4, 0.5) is 0 Å². The van der Waals surface area contributed by atoms with Crippen molar-refractivity contribution in [2.75, 3.05) is 13.7 Å². The largest absolute Gasteiger partial charge is 0.469 e. The van der Waals surface area contributed by atoms with Gasteiger partial charge in [0.25, 0.3) is 0 Å². The zero-order valence-corrected chi connectivity index (χ0v) is 8.32. The molecular formula is C10H18O3. The Morgan fingerprint density at radius 2 is 2.31 bits per heavy atom. The van der Waals surface area contributed by atoms with Gasteiger partial charge in [-0.3, -0.25) is 4.79 Å². The molecule has 1 N–H and O–H groups in total. The maximum Gasteiger partial charge on any atom is 0.308 e. The van der Waals surface area contributed by atoms with Crippen molar-refractivity contribution in [3.63, 3.8) is 0 Å². The molecule has 1 rings (SSSR count). The summed E-state index contributed by atoms with van der Waals surface area (Å²) in [5.41, 5.74) is 0. The highest BCUT2D eigenvalue weighted by atomic mass is 16.5.